The first kappa shape index (κ1) is 27.0. The minimum Gasteiger partial charge on any atom is -0.396 e. The molecule has 8 heteroatoms. The molecule has 0 radical (unpaired) electrons. The fourth-order valence-electron chi connectivity index (χ4n) is 6.76. The van der Waals surface area contributed by atoms with E-state index in [2.05, 4.69) is 19.1 Å². The molecular weight excluding hydrogens is 498 g/mol. The van der Waals surface area contributed by atoms with Crippen LogP contribution in [0.25, 0.3) is 0 Å². The standard InChI is InChI=1S/C30H39N3O4S/c1-28(2,3)33-18-11-15-30-23(26(36)32(17-8-9-19-34)24(30)27(33)37)22-25(35)31(16-10-14-29(22,4)38-30)20-21-12-6-5-7-13-21/h5-7,10-15,22-24,34H,8-9,16-20H2,1-4H3/t22-,23+,24?,29+,30+/m1/s1. The maximum Gasteiger partial charge on any atom is 0.247 e. The fraction of sp³-hybridized carbons (Fsp3) is 0.567. The molecule has 1 aromatic rings. The van der Waals surface area contributed by atoms with E-state index in [4.69, 9.17) is 0 Å². The summed E-state index contributed by atoms with van der Waals surface area (Å²) in [5, 5.41) is 9.40. The average molecular weight is 538 g/mol. The molecule has 3 amide bonds. The molecule has 1 unspecified atom stereocenters. The molecule has 4 aliphatic rings. The highest BCUT2D eigenvalue weighted by Gasteiger charge is 2.74. The highest BCUT2D eigenvalue weighted by Crippen LogP contribution is 2.65. The Morgan fingerprint density at radius 1 is 0.947 bits per heavy atom. The molecule has 1 aromatic carbocycles. The van der Waals surface area contributed by atoms with Crippen molar-refractivity contribution in [1.82, 2.24) is 14.7 Å². The zero-order chi connectivity index (χ0) is 27.3. The second-order valence-electron chi connectivity index (χ2n) is 12.1. The van der Waals surface area contributed by atoms with E-state index in [1.807, 2.05) is 73.1 Å². The van der Waals surface area contributed by atoms with E-state index in [9.17, 15) is 19.5 Å². The van der Waals surface area contributed by atoms with Gasteiger partial charge in [-0.1, -0.05) is 54.6 Å². The van der Waals surface area contributed by atoms with Crippen LogP contribution < -0.4 is 0 Å². The van der Waals surface area contributed by atoms with Gasteiger partial charge in [-0.2, -0.15) is 0 Å². The maximum absolute atomic E-state index is 14.3. The van der Waals surface area contributed by atoms with Gasteiger partial charge >= 0.3 is 0 Å². The molecule has 204 valence electrons. The van der Waals surface area contributed by atoms with Gasteiger partial charge < -0.3 is 19.8 Å². The Balaban J connectivity index is 1.58. The normalized spacial score (nSPS) is 32.8. The summed E-state index contributed by atoms with van der Waals surface area (Å²) in [6.45, 7) is 9.97. The van der Waals surface area contributed by atoms with E-state index in [-0.39, 0.29) is 24.3 Å². The zero-order valence-corrected chi connectivity index (χ0v) is 23.6. The van der Waals surface area contributed by atoms with Gasteiger partial charge in [0.2, 0.25) is 17.7 Å². The van der Waals surface area contributed by atoms with Crippen molar-refractivity contribution in [3.05, 3.63) is 60.2 Å². The summed E-state index contributed by atoms with van der Waals surface area (Å²) in [5.74, 6) is -1.42. The van der Waals surface area contributed by atoms with Gasteiger partial charge in [-0.25, -0.2) is 0 Å². The number of hydrogen-bond acceptors (Lipinski definition) is 5. The van der Waals surface area contributed by atoms with Crippen molar-refractivity contribution in [2.24, 2.45) is 11.8 Å². The molecule has 1 spiro atoms. The summed E-state index contributed by atoms with van der Waals surface area (Å²) in [6.07, 6.45) is 9.41. The second kappa shape index (κ2) is 9.87. The number of unbranched alkanes of at least 4 members (excludes halogenated alkanes) is 1. The Morgan fingerprint density at radius 3 is 2.34 bits per heavy atom. The average Bonchev–Trinajstić information content (AvgIpc) is 3.12. The van der Waals surface area contributed by atoms with Crippen LogP contribution in [0.15, 0.2) is 54.6 Å². The number of rotatable bonds is 6. The van der Waals surface area contributed by atoms with E-state index in [0.717, 1.165) is 5.56 Å². The number of nitrogens with zero attached hydrogens (tertiary/aromatic N) is 3. The first-order valence-corrected chi connectivity index (χ1v) is 14.5. The Hall–Kier alpha value is -2.58. The summed E-state index contributed by atoms with van der Waals surface area (Å²) >= 11 is 1.62. The maximum atomic E-state index is 14.3. The first-order chi connectivity index (χ1) is 18.0. The van der Waals surface area contributed by atoms with Crippen molar-refractivity contribution in [3.8, 4) is 0 Å². The lowest BCUT2D eigenvalue weighted by Crippen LogP contribution is -2.57. The molecule has 7 nitrogen and oxygen atoms in total. The highest BCUT2D eigenvalue weighted by atomic mass is 32.2. The van der Waals surface area contributed by atoms with Crippen molar-refractivity contribution in [2.45, 2.75) is 68.2 Å². The number of fused-ring (bicyclic) bond motifs is 2. The van der Waals surface area contributed by atoms with Gasteiger partial charge in [0, 0.05) is 43.1 Å². The van der Waals surface area contributed by atoms with Gasteiger partial charge in [0.1, 0.15) is 6.04 Å². The quantitative estimate of drug-likeness (QED) is 0.445. The van der Waals surface area contributed by atoms with Gasteiger partial charge in [-0.05, 0) is 46.1 Å². The number of amides is 3. The summed E-state index contributed by atoms with van der Waals surface area (Å²) in [5.41, 5.74) is 0.634. The third-order valence-corrected chi connectivity index (χ3v) is 10.3. The van der Waals surface area contributed by atoms with Crippen LogP contribution in [0, 0.1) is 11.8 Å². The molecule has 4 aliphatic heterocycles. The zero-order valence-electron chi connectivity index (χ0n) is 22.8. The Bertz CT molecular complexity index is 1160. The molecule has 2 saturated heterocycles. The number of carbonyl (C=O) groups is 3. The third-order valence-electron chi connectivity index (χ3n) is 8.47. The summed E-state index contributed by atoms with van der Waals surface area (Å²) in [7, 11) is 0. The molecule has 2 fully saturated rings. The Morgan fingerprint density at radius 2 is 1.66 bits per heavy atom. The van der Waals surface area contributed by atoms with E-state index in [0.29, 0.717) is 39.0 Å². The molecule has 0 saturated carbocycles. The number of thioether (sulfide) groups is 1. The number of likely N-dealkylation sites (tertiary alicyclic amines) is 1. The monoisotopic (exact) mass is 537 g/mol. The number of aliphatic hydroxyl groups is 1. The SMILES string of the molecule is CC(C)(C)N1CC=C[C@]23S[C@@]4(C)C=CCN(Cc5ccccc5)C(=O)[C@H]4[C@H]2C(=O)N(CCCCO)C3C1=O. The predicted octanol–water partition coefficient (Wildman–Crippen LogP) is 3.24. The molecule has 1 N–H and O–H groups in total. The number of hydrogen-bond donors (Lipinski definition) is 1. The topological polar surface area (TPSA) is 81.2 Å². The van der Waals surface area contributed by atoms with E-state index in [1.54, 1.807) is 16.7 Å². The molecule has 0 aromatic heterocycles. The number of benzene rings is 1. The molecule has 0 aliphatic carbocycles. The Kier molecular flexibility index (Phi) is 7.01. The van der Waals surface area contributed by atoms with Crippen LogP contribution in [0.1, 0.15) is 46.1 Å². The molecule has 5 atom stereocenters. The van der Waals surface area contributed by atoms with Crippen LogP contribution >= 0.6 is 11.8 Å². The summed E-state index contributed by atoms with van der Waals surface area (Å²) in [6, 6.07) is 9.24. The molecule has 38 heavy (non-hydrogen) atoms. The summed E-state index contributed by atoms with van der Waals surface area (Å²) < 4.78 is -1.44. The van der Waals surface area contributed by atoms with Crippen molar-refractivity contribution in [2.75, 3.05) is 26.2 Å². The van der Waals surface area contributed by atoms with Crippen molar-refractivity contribution >= 4 is 29.5 Å². The largest absolute Gasteiger partial charge is 0.396 e. The summed E-state index contributed by atoms with van der Waals surface area (Å²) in [4.78, 5) is 48.3. The van der Waals surface area contributed by atoms with Crippen LogP contribution in [-0.4, -0.2) is 84.8 Å². The second-order valence-corrected chi connectivity index (χ2v) is 13.9. The lowest BCUT2D eigenvalue weighted by molar-refractivity contribution is -0.146. The lowest BCUT2D eigenvalue weighted by Gasteiger charge is -2.41. The minimum atomic E-state index is -0.831. The van der Waals surface area contributed by atoms with E-state index < -0.39 is 32.9 Å². The van der Waals surface area contributed by atoms with Crippen molar-refractivity contribution < 1.29 is 19.5 Å². The van der Waals surface area contributed by atoms with Gasteiger partial charge in [-0.15, -0.1) is 11.8 Å². The van der Waals surface area contributed by atoms with E-state index in [1.165, 1.54) is 0 Å². The van der Waals surface area contributed by atoms with Crippen molar-refractivity contribution in [3.63, 3.8) is 0 Å². The minimum absolute atomic E-state index is 0.0298. The number of aliphatic hydroxyl groups excluding tert-OH is 1. The molecular formula is C30H39N3O4S. The van der Waals surface area contributed by atoms with Crippen LogP contribution in [0.3, 0.4) is 0 Å². The molecule has 0 bridgehead atoms. The molecule has 4 heterocycles. The fourth-order valence-corrected chi connectivity index (χ4v) is 8.91. The number of carbonyl (C=O) groups excluding carboxylic acids is 3. The van der Waals surface area contributed by atoms with Gasteiger partial charge in [-0.3, -0.25) is 14.4 Å². The smallest absolute Gasteiger partial charge is 0.247 e. The van der Waals surface area contributed by atoms with Crippen LogP contribution in [0.5, 0.6) is 0 Å². The van der Waals surface area contributed by atoms with Gasteiger partial charge in [0.05, 0.1) is 16.6 Å². The third kappa shape index (κ3) is 4.30. The van der Waals surface area contributed by atoms with Crippen LogP contribution in [-0.2, 0) is 20.9 Å². The van der Waals surface area contributed by atoms with Crippen LogP contribution in [0.2, 0.25) is 0 Å². The van der Waals surface area contributed by atoms with E-state index >= 15 is 0 Å². The first-order valence-electron chi connectivity index (χ1n) is 13.6. The molecule has 5 rings (SSSR count). The Labute approximate surface area is 229 Å². The predicted molar refractivity (Wildman–Crippen MR) is 149 cm³/mol. The lowest BCUT2D eigenvalue weighted by atomic mass is 9.74. The van der Waals surface area contributed by atoms with Crippen LogP contribution in [0.4, 0.5) is 0 Å². The van der Waals surface area contributed by atoms with Crippen molar-refractivity contribution in [1.29, 1.82) is 0 Å². The highest BCUT2D eigenvalue weighted by molar-refractivity contribution is 8.02. The van der Waals surface area contributed by atoms with Gasteiger partial charge in [0.25, 0.3) is 0 Å². The van der Waals surface area contributed by atoms with Gasteiger partial charge in [0.15, 0.2) is 0 Å².